The van der Waals surface area contributed by atoms with Gasteiger partial charge >= 0.3 is 0 Å². The Labute approximate surface area is 146 Å². The number of carbonyl (C=O) groups is 1. The third kappa shape index (κ3) is 4.09. The van der Waals surface area contributed by atoms with Gasteiger partial charge in [0.1, 0.15) is 5.01 Å². The first-order chi connectivity index (χ1) is 11.8. The Morgan fingerprint density at radius 3 is 2.54 bits per heavy atom. The number of hydrogen-bond donors (Lipinski definition) is 1. The van der Waals surface area contributed by atoms with Crippen molar-refractivity contribution in [1.82, 2.24) is 4.98 Å². The fraction of sp³-hybridized carbons (Fsp3) is 0.200. The molecule has 3 rings (SSSR count). The molecule has 3 nitrogen and oxygen atoms in total. The van der Waals surface area contributed by atoms with Crippen LogP contribution in [0.4, 0.5) is 5.69 Å². The Morgan fingerprint density at radius 2 is 1.83 bits per heavy atom. The number of nitrogens with one attached hydrogen (secondary N) is 1. The lowest BCUT2D eigenvalue weighted by Gasteiger charge is -2.05. The van der Waals surface area contributed by atoms with Crippen molar-refractivity contribution in [1.29, 1.82) is 0 Å². The number of benzene rings is 2. The van der Waals surface area contributed by atoms with Gasteiger partial charge in [-0.25, -0.2) is 4.98 Å². The van der Waals surface area contributed by atoms with Crippen molar-refractivity contribution in [3.63, 3.8) is 0 Å². The van der Waals surface area contributed by atoms with E-state index in [0.29, 0.717) is 13.0 Å². The molecule has 1 aromatic heterocycles. The third-order valence-electron chi connectivity index (χ3n) is 3.73. The van der Waals surface area contributed by atoms with Crippen LogP contribution < -0.4 is 5.32 Å². The van der Waals surface area contributed by atoms with E-state index >= 15 is 0 Å². The molecule has 0 aliphatic carbocycles. The van der Waals surface area contributed by atoms with Crippen LogP contribution in [0, 0.1) is 0 Å². The van der Waals surface area contributed by atoms with Gasteiger partial charge in [-0.2, -0.15) is 0 Å². The van der Waals surface area contributed by atoms with Crippen molar-refractivity contribution in [3.8, 4) is 10.6 Å². The predicted octanol–water partition coefficient (Wildman–Crippen LogP) is 5.41. The van der Waals surface area contributed by atoms with Gasteiger partial charge in [0.05, 0.1) is 12.2 Å². The second kappa shape index (κ2) is 7.88. The van der Waals surface area contributed by atoms with Gasteiger partial charge in [-0.15, -0.1) is 11.3 Å². The molecule has 0 aliphatic rings. The Kier molecular flexibility index (Phi) is 5.39. The zero-order valence-electron chi connectivity index (χ0n) is 13.7. The molecule has 0 atom stereocenters. The van der Waals surface area contributed by atoms with Crippen LogP contribution >= 0.6 is 11.3 Å². The number of ketones is 1. The van der Waals surface area contributed by atoms with Crippen LogP contribution in [0.1, 0.15) is 35.8 Å². The minimum atomic E-state index is 0.205. The highest BCUT2D eigenvalue weighted by Gasteiger charge is 2.06. The molecule has 1 N–H and O–H groups in total. The minimum Gasteiger partial charge on any atom is -0.379 e. The molecule has 0 unspecified atom stereocenters. The molecule has 0 amide bonds. The number of thiazole rings is 1. The van der Waals surface area contributed by atoms with Crippen molar-refractivity contribution >= 4 is 22.8 Å². The lowest BCUT2D eigenvalue weighted by atomic mass is 10.1. The Bertz CT molecular complexity index is 794. The first kappa shape index (κ1) is 16.4. The zero-order chi connectivity index (χ0) is 16.8. The minimum absolute atomic E-state index is 0.205. The Morgan fingerprint density at radius 1 is 1.08 bits per heavy atom. The van der Waals surface area contributed by atoms with Gasteiger partial charge in [0.15, 0.2) is 5.78 Å². The van der Waals surface area contributed by atoms with Gasteiger partial charge in [-0.3, -0.25) is 4.79 Å². The van der Waals surface area contributed by atoms with Gasteiger partial charge in [0, 0.05) is 28.6 Å². The summed E-state index contributed by atoms with van der Waals surface area (Å²) < 4.78 is 0. The molecule has 0 saturated carbocycles. The summed E-state index contributed by atoms with van der Waals surface area (Å²) in [6.07, 6.45) is 1.49. The molecule has 24 heavy (non-hydrogen) atoms. The van der Waals surface area contributed by atoms with Crippen LogP contribution in [-0.2, 0) is 6.54 Å². The topological polar surface area (TPSA) is 42.0 Å². The quantitative estimate of drug-likeness (QED) is 0.587. The average Bonchev–Trinajstić information content (AvgIpc) is 3.10. The fourth-order valence-electron chi connectivity index (χ4n) is 2.44. The van der Waals surface area contributed by atoms with E-state index in [1.807, 2.05) is 49.4 Å². The third-order valence-corrected chi connectivity index (χ3v) is 4.67. The first-order valence-corrected chi connectivity index (χ1v) is 9.01. The van der Waals surface area contributed by atoms with Gasteiger partial charge in [0.25, 0.3) is 0 Å². The van der Waals surface area contributed by atoms with Crippen molar-refractivity contribution in [2.75, 3.05) is 5.32 Å². The van der Waals surface area contributed by atoms with E-state index in [4.69, 9.17) is 0 Å². The molecule has 122 valence electrons. The Balaban J connectivity index is 1.60. The van der Waals surface area contributed by atoms with Crippen LogP contribution in [0.15, 0.2) is 60.0 Å². The van der Waals surface area contributed by atoms with E-state index in [1.165, 1.54) is 0 Å². The van der Waals surface area contributed by atoms with Gasteiger partial charge < -0.3 is 5.32 Å². The summed E-state index contributed by atoms with van der Waals surface area (Å²) >= 11 is 1.65. The predicted molar refractivity (Wildman–Crippen MR) is 101 cm³/mol. The summed E-state index contributed by atoms with van der Waals surface area (Å²) in [7, 11) is 0. The number of nitrogens with zero attached hydrogens (tertiary/aromatic N) is 1. The van der Waals surface area contributed by atoms with Crippen LogP contribution in [0.5, 0.6) is 0 Å². The molecule has 0 spiro atoms. The molecule has 0 radical (unpaired) electrons. The first-order valence-electron chi connectivity index (χ1n) is 8.13. The molecule has 1 heterocycles. The molecule has 0 aliphatic heterocycles. The zero-order valence-corrected chi connectivity index (χ0v) is 14.5. The number of rotatable bonds is 7. The van der Waals surface area contributed by atoms with Gasteiger partial charge in [-0.05, 0) is 30.7 Å². The van der Waals surface area contributed by atoms with Crippen LogP contribution in [-0.4, -0.2) is 10.8 Å². The summed E-state index contributed by atoms with van der Waals surface area (Å²) in [5.74, 6) is 0.205. The number of hydrogen-bond acceptors (Lipinski definition) is 4. The Hall–Kier alpha value is -2.46. The largest absolute Gasteiger partial charge is 0.379 e. The summed E-state index contributed by atoms with van der Waals surface area (Å²) in [5, 5.41) is 6.47. The van der Waals surface area contributed by atoms with E-state index in [1.54, 1.807) is 11.3 Å². The fourth-order valence-corrected chi connectivity index (χ4v) is 3.27. The van der Waals surface area contributed by atoms with E-state index in [-0.39, 0.29) is 5.78 Å². The molecule has 3 aromatic rings. The molecule has 0 fully saturated rings. The lowest BCUT2D eigenvalue weighted by Crippen LogP contribution is -2.01. The highest BCUT2D eigenvalue weighted by molar-refractivity contribution is 7.13. The van der Waals surface area contributed by atoms with E-state index in [0.717, 1.165) is 33.9 Å². The van der Waals surface area contributed by atoms with Crippen LogP contribution in [0.25, 0.3) is 10.6 Å². The molecule has 2 aromatic carbocycles. The van der Waals surface area contributed by atoms with E-state index in [2.05, 4.69) is 27.8 Å². The molecule has 0 saturated heterocycles. The average molecular weight is 336 g/mol. The SMILES string of the molecule is CCCC(=O)c1ccc(NCc2csc(-c3ccccc3)n2)cc1. The monoisotopic (exact) mass is 336 g/mol. The maximum Gasteiger partial charge on any atom is 0.162 e. The summed E-state index contributed by atoms with van der Waals surface area (Å²) in [5.41, 5.74) is 3.94. The number of aromatic nitrogens is 1. The molecule has 0 bridgehead atoms. The van der Waals surface area contributed by atoms with Crippen molar-refractivity contribution in [2.24, 2.45) is 0 Å². The second-order valence-electron chi connectivity index (χ2n) is 5.61. The maximum absolute atomic E-state index is 11.8. The number of Topliss-reactive ketones (excluding diaryl/α,β-unsaturated/α-hetero) is 1. The highest BCUT2D eigenvalue weighted by Crippen LogP contribution is 2.23. The summed E-state index contributed by atoms with van der Waals surface area (Å²) in [4.78, 5) is 16.5. The standard InChI is InChI=1S/C20H20N2OS/c1-2-6-19(23)15-9-11-17(12-10-15)21-13-18-14-24-20(22-18)16-7-4-3-5-8-16/h3-5,7-12,14,21H,2,6,13H2,1H3. The van der Waals surface area contributed by atoms with E-state index in [9.17, 15) is 4.79 Å². The maximum atomic E-state index is 11.8. The van der Waals surface area contributed by atoms with Crippen molar-refractivity contribution < 1.29 is 4.79 Å². The molecular formula is C20H20N2OS. The molecule has 4 heteroatoms. The van der Waals surface area contributed by atoms with Gasteiger partial charge in [0.2, 0.25) is 0 Å². The lowest BCUT2D eigenvalue weighted by molar-refractivity contribution is 0.0982. The highest BCUT2D eigenvalue weighted by atomic mass is 32.1. The van der Waals surface area contributed by atoms with Crippen molar-refractivity contribution in [2.45, 2.75) is 26.3 Å². The second-order valence-corrected chi connectivity index (χ2v) is 6.47. The van der Waals surface area contributed by atoms with Crippen LogP contribution in [0.2, 0.25) is 0 Å². The smallest absolute Gasteiger partial charge is 0.162 e. The molecular weight excluding hydrogens is 316 g/mol. The van der Waals surface area contributed by atoms with Crippen molar-refractivity contribution in [3.05, 3.63) is 71.2 Å². The number of carbonyl (C=O) groups excluding carboxylic acids is 1. The normalized spacial score (nSPS) is 10.5. The summed E-state index contributed by atoms with van der Waals surface area (Å²) in [6.45, 7) is 2.69. The van der Waals surface area contributed by atoms with Gasteiger partial charge in [-0.1, -0.05) is 37.3 Å². The van der Waals surface area contributed by atoms with E-state index < -0.39 is 0 Å². The van der Waals surface area contributed by atoms with Crippen LogP contribution in [0.3, 0.4) is 0 Å². The number of anilines is 1. The summed E-state index contributed by atoms with van der Waals surface area (Å²) in [6, 6.07) is 17.9.